The van der Waals surface area contributed by atoms with Crippen molar-refractivity contribution in [1.29, 1.82) is 0 Å². The molecular formula is C16H22F2N2O5S. The van der Waals surface area contributed by atoms with Crippen LogP contribution in [0.4, 0.5) is 8.78 Å². The number of carbonyl (C=O) groups excluding carboxylic acids is 1. The molecule has 0 saturated carbocycles. The number of benzene rings is 1. The third kappa shape index (κ3) is 6.34. The summed E-state index contributed by atoms with van der Waals surface area (Å²) >= 11 is 0. The molecule has 0 aromatic heterocycles. The van der Waals surface area contributed by atoms with Crippen LogP contribution >= 0.6 is 0 Å². The number of carboxylic acid groups (broad SMARTS) is 1. The molecule has 0 aliphatic rings. The average Bonchev–Trinajstić information content (AvgIpc) is 2.54. The number of hydrogen-bond acceptors (Lipinski definition) is 4. The zero-order valence-electron chi connectivity index (χ0n) is 14.6. The topological polar surface area (TPSA) is 95.0 Å². The van der Waals surface area contributed by atoms with E-state index in [1.807, 2.05) is 0 Å². The number of hydrogen-bond donors (Lipinski definition) is 1. The van der Waals surface area contributed by atoms with Crippen molar-refractivity contribution in [1.82, 2.24) is 9.21 Å². The van der Waals surface area contributed by atoms with Gasteiger partial charge in [0.1, 0.15) is 5.75 Å². The number of rotatable bonds is 10. The van der Waals surface area contributed by atoms with Gasteiger partial charge in [0.2, 0.25) is 15.9 Å². The molecule has 0 fully saturated rings. The lowest BCUT2D eigenvalue weighted by molar-refractivity contribution is -0.138. The van der Waals surface area contributed by atoms with Crippen LogP contribution in [0.25, 0.3) is 0 Å². The summed E-state index contributed by atoms with van der Waals surface area (Å²) in [7, 11) is -3.85. The molecule has 0 spiro atoms. The molecule has 0 atom stereocenters. The fraction of sp³-hybridized carbons (Fsp3) is 0.500. The molecular weight excluding hydrogens is 370 g/mol. The Morgan fingerprint density at radius 3 is 2.23 bits per heavy atom. The Balaban J connectivity index is 2.98. The van der Waals surface area contributed by atoms with Gasteiger partial charge in [0, 0.05) is 26.2 Å². The first kappa shape index (κ1) is 22.0. The maximum atomic E-state index is 13.3. The normalized spacial score (nSPS) is 11.6. The molecule has 7 nitrogen and oxygen atoms in total. The fourth-order valence-electron chi connectivity index (χ4n) is 2.34. The zero-order chi connectivity index (χ0) is 19.9. The van der Waals surface area contributed by atoms with Crippen LogP contribution in [0.2, 0.25) is 0 Å². The first-order valence-electron chi connectivity index (χ1n) is 8.02. The molecule has 1 rings (SSSR count). The number of carbonyl (C=O) groups is 2. The molecule has 0 aliphatic carbocycles. The lowest BCUT2D eigenvalue weighted by Gasteiger charge is -2.24. The summed E-state index contributed by atoms with van der Waals surface area (Å²) in [5, 5.41) is 8.81. The summed E-state index contributed by atoms with van der Waals surface area (Å²) in [6.07, 6.45) is -0.402. The smallest absolute Gasteiger partial charge is 0.305 e. The lowest BCUT2D eigenvalue weighted by Crippen LogP contribution is -2.41. The van der Waals surface area contributed by atoms with E-state index in [1.54, 1.807) is 13.8 Å². The van der Waals surface area contributed by atoms with E-state index in [9.17, 15) is 26.8 Å². The molecule has 0 heterocycles. The molecule has 1 aromatic rings. The minimum absolute atomic E-state index is 0.199. The number of halogens is 2. The van der Waals surface area contributed by atoms with Crippen LogP contribution < -0.4 is 0 Å². The van der Waals surface area contributed by atoms with Crippen molar-refractivity contribution in [2.24, 2.45) is 0 Å². The molecule has 0 aliphatic heterocycles. The molecule has 0 unspecified atom stereocenters. The summed E-state index contributed by atoms with van der Waals surface area (Å²) in [4.78, 5) is 24.2. The van der Waals surface area contributed by atoms with Gasteiger partial charge in [0.15, 0.2) is 11.6 Å². The van der Waals surface area contributed by atoms with Gasteiger partial charge < -0.3 is 10.0 Å². The standard InChI is InChI=1S/C16H22F2N2O5S/c1-3-20(4-2)26(24,25)11-15(21)19(8-7-16(22)23)10-12-5-6-13(17)14(18)9-12/h5-6,9H,3-4,7-8,10-11H2,1-2H3,(H,22,23). The first-order chi connectivity index (χ1) is 12.1. The molecule has 0 radical (unpaired) electrons. The van der Waals surface area contributed by atoms with Crippen molar-refractivity contribution >= 4 is 21.9 Å². The highest BCUT2D eigenvalue weighted by Gasteiger charge is 2.26. The molecule has 0 bridgehead atoms. The Bertz CT molecular complexity index is 751. The second-order valence-electron chi connectivity index (χ2n) is 5.55. The Kier molecular flexibility index (Phi) is 8.09. The Hall–Kier alpha value is -2.07. The zero-order valence-corrected chi connectivity index (χ0v) is 15.4. The van der Waals surface area contributed by atoms with Crippen molar-refractivity contribution in [2.45, 2.75) is 26.8 Å². The summed E-state index contributed by atoms with van der Waals surface area (Å²) in [5.74, 6) is -4.95. The van der Waals surface area contributed by atoms with Crippen LogP contribution in [0.5, 0.6) is 0 Å². The van der Waals surface area contributed by atoms with E-state index < -0.39 is 45.7 Å². The van der Waals surface area contributed by atoms with Crippen molar-refractivity contribution in [2.75, 3.05) is 25.4 Å². The van der Waals surface area contributed by atoms with Crippen molar-refractivity contribution in [3.8, 4) is 0 Å². The molecule has 1 amide bonds. The van der Waals surface area contributed by atoms with Gasteiger partial charge in [-0.05, 0) is 17.7 Å². The minimum atomic E-state index is -3.85. The van der Waals surface area contributed by atoms with Gasteiger partial charge in [-0.1, -0.05) is 19.9 Å². The monoisotopic (exact) mass is 392 g/mol. The lowest BCUT2D eigenvalue weighted by atomic mass is 10.2. The van der Waals surface area contributed by atoms with Gasteiger partial charge in [-0.25, -0.2) is 21.5 Å². The van der Waals surface area contributed by atoms with E-state index in [0.29, 0.717) is 0 Å². The predicted molar refractivity (Wildman–Crippen MR) is 90.7 cm³/mol. The van der Waals surface area contributed by atoms with E-state index in [4.69, 9.17) is 5.11 Å². The van der Waals surface area contributed by atoms with Crippen LogP contribution in [0.1, 0.15) is 25.8 Å². The number of aliphatic carboxylic acids is 1. The third-order valence-corrected chi connectivity index (χ3v) is 5.63. The van der Waals surface area contributed by atoms with Gasteiger partial charge in [0.25, 0.3) is 0 Å². The van der Waals surface area contributed by atoms with Crippen molar-refractivity contribution < 1.29 is 31.9 Å². The Labute approximate surface area is 151 Å². The van der Waals surface area contributed by atoms with Crippen LogP contribution in [0, 0.1) is 11.6 Å². The summed E-state index contributed by atoms with van der Waals surface area (Å²) in [5.41, 5.74) is 0.225. The van der Waals surface area contributed by atoms with Crippen molar-refractivity contribution in [3.63, 3.8) is 0 Å². The second kappa shape index (κ2) is 9.58. The molecule has 26 heavy (non-hydrogen) atoms. The van der Waals surface area contributed by atoms with Crippen LogP contribution in [-0.4, -0.2) is 60.0 Å². The summed E-state index contributed by atoms with van der Waals surface area (Å²) < 4.78 is 52.0. The predicted octanol–water partition coefficient (Wildman–Crippen LogP) is 1.44. The SMILES string of the molecule is CCN(CC)S(=O)(=O)CC(=O)N(CCC(=O)O)Cc1ccc(F)c(F)c1. The maximum absolute atomic E-state index is 13.3. The van der Waals surface area contributed by atoms with E-state index in [0.717, 1.165) is 21.3 Å². The van der Waals surface area contributed by atoms with E-state index in [-0.39, 0.29) is 31.7 Å². The first-order valence-corrected chi connectivity index (χ1v) is 9.62. The van der Waals surface area contributed by atoms with Crippen molar-refractivity contribution in [3.05, 3.63) is 35.4 Å². The number of sulfonamides is 1. The quantitative estimate of drug-likeness (QED) is 0.650. The maximum Gasteiger partial charge on any atom is 0.305 e. The van der Waals surface area contributed by atoms with Gasteiger partial charge >= 0.3 is 5.97 Å². The Morgan fingerprint density at radius 2 is 1.73 bits per heavy atom. The minimum Gasteiger partial charge on any atom is -0.481 e. The summed E-state index contributed by atoms with van der Waals surface area (Å²) in [6.45, 7) is 3.19. The Morgan fingerprint density at radius 1 is 1.12 bits per heavy atom. The number of nitrogens with zero attached hydrogens (tertiary/aromatic N) is 2. The van der Waals surface area contributed by atoms with Gasteiger partial charge in [0.05, 0.1) is 6.42 Å². The molecule has 1 N–H and O–H groups in total. The van der Waals surface area contributed by atoms with E-state index >= 15 is 0 Å². The molecule has 0 saturated heterocycles. The van der Waals surface area contributed by atoms with Crippen LogP contribution in [0.3, 0.4) is 0 Å². The number of amides is 1. The number of carboxylic acids is 1. The molecule has 10 heteroatoms. The van der Waals surface area contributed by atoms with E-state index in [1.165, 1.54) is 6.07 Å². The largest absolute Gasteiger partial charge is 0.481 e. The van der Waals surface area contributed by atoms with Crippen LogP contribution in [0.15, 0.2) is 18.2 Å². The average molecular weight is 392 g/mol. The molecule has 1 aromatic carbocycles. The fourth-order valence-corrected chi connectivity index (χ4v) is 3.80. The summed E-state index contributed by atoms with van der Waals surface area (Å²) in [6, 6.07) is 3.02. The van der Waals surface area contributed by atoms with Gasteiger partial charge in [-0.15, -0.1) is 0 Å². The highest BCUT2D eigenvalue weighted by atomic mass is 32.2. The second-order valence-corrected chi connectivity index (χ2v) is 7.52. The van der Waals surface area contributed by atoms with E-state index in [2.05, 4.69) is 0 Å². The van der Waals surface area contributed by atoms with Gasteiger partial charge in [-0.3, -0.25) is 9.59 Å². The van der Waals surface area contributed by atoms with Crippen LogP contribution in [-0.2, 0) is 26.2 Å². The van der Waals surface area contributed by atoms with Gasteiger partial charge in [-0.2, -0.15) is 0 Å². The third-order valence-electron chi connectivity index (χ3n) is 3.71. The highest BCUT2D eigenvalue weighted by molar-refractivity contribution is 7.89. The highest BCUT2D eigenvalue weighted by Crippen LogP contribution is 2.13. The molecule has 146 valence electrons.